The summed E-state index contributed by atoms with van der Waals surface area (Å²) in [6, 6.07) is 5.17. The van der Waals surface area contributed by atoms with Gasteiger partial charge in [0.1, 0.15) is 24.0 Å². The van der Waals surface area contributed by atoms with Crippen molar-refractivity contribution in [3.63, 3.8) is 0 Å². The number of rotatable bonds is 9. The molecule has 0 saturated carbocycles. The van der Waals surface area contributed by atoms with Crippen LogP contribution in [0.1, 0.15) is 32.5 Å². The lowest BCUT2D eigenvalue weighted by Gasteiger charge is -2.05. The van der Waals surface area contributed by atoms with Crippen LogP contribution in [0.5, 0.6) is 0 Å². The maximum absolute atomic E-state index is 13.2. The minimum atomic E-state index is -0.587. The molecular weight excluding hydrogens is 415 g/mol. The maximum atomic E-state index is 13.2. The minimum Gasteiger partial charge on any atom is -0.457 e. The second kappa shape index (κ2) is 9.66. The number of anilines is 1. The second-order valence-corrected chi connectivity index (χ2v) is 6.87. The van der Waals surface area contributed by atoms with Crippen LogP contribution in [0.15, 0.2) is 41.1 Å². The lowest BCUT2D eigenvalue weighted by atomic mass is 10.2. The summed E-state index contributed by atoms with van der Waals surface area (Å²) in [7, 11) is 1.88. The van der Waals surface area contributed by atoms with E-state index in [0.29, 0.717) is 12.2 Å². The van der Waals surface area contributed by atoms with Crippen molar-refractivity contribution in [1.82, 2.24) is 14.9 Å². The van der Waals surface area contributed by atoms with E-state index in [0.717, 1.165) is 11.9 Å². The zero-order valence-electron chi connectivity index (χ0n) is 16.4. The molecule has 0 aliphatic heterocycles. The van der Waals surface area contributed by atoms with Gasteiger partial charge in [0.2, 0.25) is 5.78 Å². The van der Waals surface area contributed by atoms with Gasteiger partial charge < -0.3 is 19.0 Å². The fraction of sp³-hybridized carbons (Fsp3) is 0.250. The van der Waals surface area contributed by atoms with Gasteiger partial charge in [0.05, 0.1) is 23.9 Å². The Labute approximate surface area is 177 Å². The van der Waals surface area contributed by atoms with Gasteiger partial charge in [-0.2, -0.15) is 0 Å². The number of nitrogens with one attached hydrogen (secondary N) is 2. The number of imidazole rings is 1. The summed E-state index contributed by atoms with van der Waals surface area (Å²) in [5, 5.41) is 5.49. The lowest BCUT2D eigenvalue weighted by molar-refractivity contribution is 0.0690. The molecule has 0 aliphatic rings. The van der Waals surface area contributed by atoms with Gasteiger partial charge in [-0.15, -0.1) is 0 Å². The highest BCUT2D eigenvalue weighted by molar-refractivity contribution is 6.31. The SMILES string of the molecule is Cc1oc(C(=O)COCNCc2nccn2C)cc1C(=O)Nc1ccc(F)c(Cl)c1. The molecule has 1 aromatic carbocycles. The van der Waals surface area contributed by atoms with Crippen molar-refractivity contribution < 1.29 is 23.1 Å². The number of ether oxygens (including phenoxy) is 1. The van der Waals surface area contributed by atoms with E-state index in [1.54, 1.807) is 13.1 Å². The van der Waals surface area contributed by atoms with Gasteiger partial charge in [0, 0.05) is 31.2 Å². The molecule has 30 heavy (non-hydrogen) atoms. The average molecular weight is 435 g/mol. The maximum Gasteiger partial charge on any atom is 0.259 e. The number of hydrogen-bond acceptors (Lipinski definition) is 6. The van der Waals surface area contributed by atoms with Crippen LogP contribution >= 0.6 is 11.6 Å². The molecule has 0 aliphatic carbocycles. The van der Waals surface area contributed by atoms with Crippen molar-refractivity contribution in [2.75, 3.05) is 18.7 Å². The molecule has 158 valence electrons. The molecule has 0 saturated heterocycles. The number of amides is 1. The fourth-order valence-corrected chi connectivity index (χ4v) is 2.81. The first-order chi connectivity index (χ1) is 14.3. The van der Waals surface area contributed by atoms with Gasteiger partial charge >= 0.3 is 0 Å². The Bertz CT molecular complexity index is 1060. The third-order valence-corrected chi connectivity index (χ3v) is 4.55. The summed E-state index contributed by atoms with van der Waals surface area (Å²) in [4.78, 5) is 28.9. The number of aryl methyl sites for hydroxylation is 2. The van der Waals surface area contributed by atoms with Crippen LogP contribution in [0.2, 0.25) is 5.02 Å². The zero-order chi connectivity index (χ0) is 21.7. The van der Waals surface area contributed by atoms with Gasteiger partial charge in [0.25, 0.3) is 5.91 Å². The topological polar surface area (TPSA) is 98.4 Å². The minimum absolute atomic E-state index is 0.0129. The normalized spacial score (nSPS) is 10.9. The first-order valence-corrected chi connectivity index (χ1v) is 9.37. The van der Waals surface area contributed by atoms with Crippen molar-refractivity contribution in [2.24, 2.45) is 7.05 Å². The number of halogens is 2. The Morgan fingerprint density at radius 3 is 2.83 bits per heavy atom. The Morgan fingerprint density at radius 2 is 2.13 bits per heavy atom. The van der Waals surface area contributed by atoms with Crippen LogP contribution < -0.4 is 10.6 Å². The molecule has 0 fully saturated rings. The van der Waals surface area contributed by atoms with Gasteiger partial charge in [-0.3, -0.25) is 14.9 Å². The standard InChI is InChI=1S/C20H20ClFN4O4/c1-12-14(20(28)25-13-3-4-16(22)15(21)7-13)8-18(30-12)17(27)10-29-11-23-9-19-24-5-6-26(19)2/h3-8,23H,9-11H2,1-2H3,(H,25,28). The summed E-state index contributed by atoms with van der Waals surface area (Å²) in [6.45, 7) is 2.00. The third-order valence-electron chi connectivity index (χ3n) is 4.26. The van der Waals surface area contributed by atoms with Crippen LogP contribution in [0.3, 0.4) is 0 Å². The predicted octanol–water partition coefficient (Wildman–Crippen LogP) is 3.31. The number of carbonyl (C=O) groups excluding carboxylic acids is 2. The molecule has 1 amide bonds. The number of Topliss-reactive ketones (excluding diaryl/α,β-unsaturated/α-hetero) is 1. The molecule has 0 radical (unpaired) electrons. The molecule has 3 aromatic rings. The molecule has 3 rings (SSSR count). The van der Waals surface area contributed by atoms with Crippen molar-refractivity contribution in [3.05, 3.63) is 70.4 Å². The molecule has 8 nitrogen and oxygen atoms in total. The van der Waals surface area contributed by atoms with Crippen molar-refractivity contribution >= 4 is 29.0 Å². The molecule has 0 unspecified atom stereocenters. The highest BCUT2D eigenvalue weighted by Gasteiger charge is 2.19. The molecule has 0 atom stereocenters. The molecule has 10 heteroatoms. The number of furan rings is 1. The highest BCUT2D eigenvalue weighted by Crippen LogP contribution is 2.21. The van der Waals surface area contributed by atoms with Crippen LogP contribution in [0, 0.1) is 12.7 Å². The summed E-state index contributed by atoms with van der Waals surface area (Å²) >= 11 is 5.71. The summed E-state index contributed by atoms with van der Waals surface area (Å²) in [6.07, 6.45) is 3.53. The monoisotopic (exact) mass is 434 g/mol. The smallest absolute Gasteiger partial charge is 0.259 e. The van der Waals surface area contributed by atoms with E-state index in [9.17, 15) is 14.0 Å². The fourth-order valence-electron chi connectivity index (χ4n) is 2.63. The average Bonchev–Trinajstić information content (AvgIpc) is 3.30. The number of carbonyl (C=O) groups is 2. The first-order valence-electron chi connectivity index (χ1n) is 9.00. The van der Waals surface area contributed by atoms with Crippen LogP contribution in [-0.2, 0) is 18.3 Å². The van der Waals surface area contributed by atoms with Crippen LogP contribution in [0.4, 0.5) is 10.1 Å². The lowest BCUT2D eigenvalue weighted by Crippen LogP contribution is -2.22. The summed E-state index contributed by atoms with van der Waals surface area (Å²) < 4.78 is 25.8. The molecular formula is C20H20ClFN4O4. The van der Waals surface area contributed by atoms with E-state index in [2.05, 4.69) is 15.6 Å². The highest BCUT2D eigenvalue weighted by atomic mass is 35.5. The van der Waals surface area contributed by atoms with E-state index in [1.807, 2.05) is 17.8 Å². The van der Waals surface area contributed by atoms with Crippen LogP contribution in [-0.4, -0.2) is 34.6 Å². The van der Waals surface area contributed by atoms with Gasteiger partial charge in [-0.05, 0) is 25.1 Å². The van der Waals surface area contributed by atoms with Crippen molar-refractivity contribution in [2.45, 2.75) is 13.5 Å². The van der Waals surface area contributed by atoms with Gasteiger partial charge in [0.15, 0.2) is 5.76 Å². The van der Waals surface area contributed by atoms with Crippen molar-refractivity contribution in [1.29, 1.82) is 0 Å². The van der Waals surface area contributed by atoms with Gasteiger partial charge in [-0.25, -0.2) is 9.37 Å². The zero-order valence-corrected chi connectivity index (χ0v) is 17.1. The molecule has 0 bridgehead atoms. The van der Waals surface area contributed by atoms with E-state index >= 15 is 0 Å². The Hall–Kier alpha value is -3.01. The summed E-state index contributed by atoms with van der Waals surface area (Å²) in [5.41, 5.74) is 0.508. The second-order valence-electron chi connectivity index (χ2n) is 6.46. The molecule has 2 heterocycles. The third kappa shape index (κ3) is 5.32. The number of hydrogen-bond donors (Lipinski definition) is 2. The van der Waals surface area contributed by atoms with Crippen molar-refractivity contribution in [3.8, 4) is 0 Å². The molecule has 0 spiro atoms. The van der Waals surface area contributed by atoms with Crippen LogP contribution in [0.25, 0.3) is 0 Å². The predicted molar refractivity (Wildman–Crippen MR) is 108 cm³/mol. The Balaban J connectivity index is 1.51. The van der Waals surface area contributed by atoms with E-state index in [1.165, 1.54) is 18.2 Å². The number of ketones is 1. The van der Waals surface area contributed by atoms with E-state index < -0.39 is 17.5 Å². The first kappa shape index (κ1) is 21.7. The number of nitrogens with zero attached hydrogens (tertiary/aromatic N) is 2. The largest absolute Gasteiger partial charge is 0.457 e. The summed E-state index contributed by atoms with van der Waals surface area (Å²) in [5.74, 6) is -0.367. The Kier molecular flexibility index (Phi) is 6.99. The molecule has 2 aromatic heterocycles. The van der Waals surface area contributed by atoms with Gasteiger partial charge in [-0.1, -0.05) is 11.6 Å². The quantitative estimate of drug-likeness (QED) is 0.304. The Morgan fingerprint density at radius 1 is 1.33 bits per heavy atom. The van der Waals surface area contributed by atoms with E-state index in [4.69, 9.17) is 20.8 Å². The number of aromatic nitrogens is 2. The number of benzene rings is 1. The molecule has 2 N–H and O–H groups in total. The van der Waals surface area contributed by atoms with E-state index in [-0.39, 0.29) is 35.4 Å².